The minimum atomic E-state index is -0.329. The Morgan fingerprint density at radius 3 is 2.50 bits per heavy atom. The Kier molecular flexibility index (Phi) is 9.51. The van der Waals surface area contributed by atoms with Gasteiger partial charge < -0.3 is 24.8 Å². The van der Waals surface area contributed by atoms with E-state index in [0.29, 0.717) is 49.2 Å². The number of carbonyl (C=O) groups is 2. The zero-order valence-electron chi connectivity index (χ0n) is 21.8. The zero-order valence-corrected chi connectivity index (χ0v) is 22.5. The summed E-state index contributed by atoms with van der Waals surface area (Å²) in [5, 5.41) is 12.3. The van der Waals surface area contributed by atoms with Gasteiger partial charge in [-0.2, -0.15) is 0 Å². The molecule has 0 bridgehead atoms. The number of halogens is 1. The lowest BCUT2D eigenvalue weighted by Gasteiger charge is -2.27. The second-order valence-corrected chi connectivity index (χ2v) is 9.60. The van der Waals surface area contributed by atoms with Gasteiger partial charge in [-0.15, -0.1) is 10.2 Å². The van der Waals surface area contributed by atoms with Gasteiger partial charge in [0.15, 0.2) is 5.82 Å². The second-order valence-electron chi connectivity index (χ2n) is 9.19. The number of nitrogens with one attached hydrogen (secondary N) is 1. The molecule has 1 aromatic heterocycles. The van der Waals surface area contributed by atoms with E-state index in [1.54, 1.807) is 7.11 Å². The topological polar surface area (TPSA) is 90.9 Å². The van der Waals surface area contributed by atoms with E-state index < -0.39 is 0 Å². The van der Waals surface area contributed by atoms with Crippen LogP contribution in [0.2, 0.25) is 5.02 Å². The third-order valence-electron chi connectivity index (χ3n) is 6.45. The van der Waals surface area contributed by atoms with Crippen LogP contribution < -0.4 is 10.2 Å². The fourth-order valence-electron chi connectivity index (χ4n) is 4.26. The molecule has 38 heavy (non-hydrogen) atoms. The number of hydrogen-bond donors (Lipinski definition) is 1. The number of amides is 3. The van der Waals surface area contributed by atoms with E-state index >= 15 is 0 Å². The van der Waals surface area contributed by atoms with Crippen molar-refractivity contribution in [2.75, 3.05) is 63.2 Å². The Hall–Kier alpha value is -3.69. The number of rotatable bonds is 8. The van der Waals surface area contributed by atoms with Crippen LogP contribution in [0.5, 0.6) is 0 Å². The number of urea groups is 1. The lowest BCUT2D eigenvalue weighted by molar-refractivity contribution is -0.131. The first-order chi connectivity index (χ1) is 18.4. The summed E-state index contributed by atoms with van der Waals surface area (Å²) in [6, 6.07) is 18.6. The van der Waals surface area contributed by atoms with Gasteiger partial charge in [0.05, 0.1) is 17.3 Å². The van der Waals surface area contributed by atoms with Crippen molar-refractivity contribution < 1.29 is 14.3 Å². The van der Waals surface area contributed by atoms with Gasteiger partial charge in [-0.1, -0.05) is 47.5 Å². The van der Waals surface area contributed by atoms with E-state index in [4.69, 9.17) is 16.3 Å². The Morgan fingerprint density at radius 2 is 1.79 bits per heavy atom. The first kappa shape index (κ1) is 27.3. The fourth-order valence-corrected chi connectivity index (χ4v) is 4.49. The maximum Gasteiger partial charge on any atom is 0.322 e. The Labute approximate surface area is 228 Å². The minimum Gasteiger partial charge on any atom is -0.383 e. The van der Waals surface area contributed by atoms with Crippen LogP contribution in [0.1, 0.15) is 12.0 Å². The van der Waals surface area contributed by atoms with Crippen LogP contribution in [0.25, 0.3) is 11.3 Å². The largest absolute Gasteiger partial charge is 0.383 e. The van der Waals surface area contributed by atoms with Crippen LogP contribution in [0.15, 0.2) is 60.7 Å². The van der Waals surface area contributed by atoms with Gasteiger partial charge in [0.1, 0.15) is 6.54 Å². The van der Waals surface area contributed by atoms with Crippen molar-refractivity contribution in [2.45, 2.75) is 13.3 Å². The molecule has 0 atom stereocenters. The monoisotopic (exact) mass is 536 g/mol. The van der Waals surface area contributed by atoms with Crippen molar-refractivity contribution in [3.05, 3.63) is 71.2 Å². The highest BCUT2D eigenvalue weighted by molar-refractivity contribution is 6.33. The van der Waals surface area contributed by atoms with Gasteiger partial charge in [0, 0.05) is 51.1 Å². The molecule has 3 amide bonds. The molecule has 2 aromatic carbocycles. The van der Waals surface area contributed by atoms with Gasteiger partial charge in [-0.25, -0.2) is 4.79 Å². The third-order valence-corrected chi connectivity index (χ3v) is 6.78. The lowest BCUT2D eigenvalue weighted by Crippen LogP contribution is -2.46. The molecule has 1 aliphatic rings. The molecule has 0 saturated carbocycles. The van der Waals surface area contributed by atoms with Crippen molar-refractivity contribution in [3.63, 3.8) is 0 Å². The van der Waals surface area contributed by atoms with Crippen molar-refractivity contribution >= 4 is 35.0 Å². The molecule has 0 spiro atoms. The van der Waals surface area contributed by atoms with Gasteiger partial charge in [0.25, 0.3) is 0 Å². The van der Waals surface area contributed by atoms with Gasteiger partial charge in [0.2, 0.25) is 5.91 Å². The summed E-state index contributed by atoms with van der Waals surface area (Å²) in [4.78, 5) is 31.6. The maximum absolute atomic E-state index is 13.2. The molecule has 1 saturated heterocycles. The Morgan fingerprint density at radius 1 is 1.00 bits per heavy atom. The van der Waals surface area contributed by atoms with Crippen molar-refractivity contribution in [1.29, 1.82) is 0 Å². The molecule has 2 heterocycles. The summed E-state index contributed by atoms with van der Waals surface area (Å²) in [7, 11) is 1.57. The van der Waals surface area contributed by atoms with E-state index in [-0.39, 0.29) is 18.5 Å². The summed E-state index contributed by atoms with van der Waals surface area (Å²) in [6.45, 7) is 5.14. The Balaban J connectivity index is 1.35. The fraction of sp³-hybridized carbons (Fsp3) is 0.357. The molecule has 1 fully saturated rings. The summed E-state index contributed by atoms with van der Waals surface area (Å²) >= 11 is 6.29. The average Bonchev–Trinajstić information content (AvgIpc) is 3.19. The number of ether oxygens (including phenoxy) is 1. The van der Waals surface area contributed by atoms with Crippen LogP contribution in [0.4, 0.5) is 16.3 Å². The number of aromatic nitrogens is 2. The first-order valence-corrected chi connectivity index (χ1v) is 13.1. The van der Waals surface area contributed by atoms with Crippen molar-refractivity contribution in [3.8, 4) is 11.3 Å². The molecular formula is C28H33ClN6O3. The zero-order chi connectivity index (χ0) is 26.9. The molecule has 0 unspecified atom stereocenters. The predicted octanol–water partition coefficient (Wildman–Crippen LogP) is 4.32. The number of anilines is 2. The number of hydrogen-bond acceptors (Lipinski definition) is 6. The third kappa shape index (κ3) is 7.20. The van der Waals surface area contributed by atoms with Crippen LogP contribution >= 0.6 is 11.6 Å². The molecule has 4 rings (SSSR count). The van der Waals surface area contributed by atoms with E-state index in [9.17, 15) is 9.59 Å². The smallest absolute Gasteiger partial charge is 0.322 e. The normalized spacial score (nSPS) is 13.7. The number of aryl methyl sites for hydroxylation is 1. The highest BCUT2D eigenvalue weighted by Crippen LogP contribution is 2.26. The maximum atomic E-state index is 13.2. The minimum absolute atomic E-state index is 0.0204. The predicted molar refractivity (Wildman–Crippen MR) is 150 cm³/mol. The van der Waals surface area contributed by atoms with E-state index in [1.807, 2.05) is 72.5 Å². The number of carbonyl (C=O) groups excluding carboxylic acids is 2. The van der Waals surface area contributed by atoms with Gasteiger partial charge in [-0.05, 0) is 43.7 Å². The van der Waals surface area contributed by atoms with Crippen LogP contribution in [0.3, 0.4) is 0 Å². The average molecular weight is 537 g/mol. The van der Waals surface area contributed by atoms with Crippen LogP contribution in [0, 0.1) is 6.92 Å². The summed E-state index contributed by atoms with van der Waals surface area (Å²) in [5.74, 6) is 0.663. The molecule has 0 radical (unpaired) electrons. The molecule has 0 aliphatic carbocycles. The van der Waals surface area contributed by atoms with Crippen molar-refractivity contribution in [2.24, 2.45) is 0 Å². The SMILES string of the molecule is COCCN(CC(=O)N1CCCN(c2ccc(-c3ccccc3Cl)nn2)CC1)C(=O)Nc1ccc(C)cc1. The van der Waals surface area contributed by atoms with Gasteiger partial charge in [-0.3, -0.25) is 4.79 Å². The number of benzene rings is 2. The molecule has 3 aromatic rings. The molecule has 1 N–H and O–H groups in total. The second kappa shape index (κ2) is 13.2. The number of nitrogens with zero attached hydrogens (tertiary/aromatic N) is 5. The quantitative estimate of drug-likeness (QED) is 0.461. The van der Waals surface area contributed by atoms with Crippen LogP contribution in [-0.2, 0) is 9.53 Å². The molecular weight excluding hydrogens is 504 g/mol. The summed E-state index contributed by atoms with van der Waals surface area (Å²) in [6.07, 6.45) is 0.785. The lowest BCUT2D eigenvalue weighted by atomic mass is 10.1. The Bertz CT molecular complexity index is 1220. The van der Waals surface area contributed by atoms with E-state index in [2.05, 4.69) is 20.4 Å². The summed E-state index contributed by atoms with van der Waals surface area (Å²) < 4.78 is 5.17. The first-order valence-electron chi connectivity index (χ1n) is 12.7. The summed E-state index contributed by atoms with van der Waals surface area (Å²) in [5.41, 5.74) is 3.34. The van der Waals surface area contributed by atoms with Gasteiger partial charge >= 0.3 is 6.03 Å². The molecule has 10 heteroatoms. The van der Waals surface area contributed by atoms with Crippen LogP contribution in [-0.4, -0.2) is 84.9 Å². The standard InChI is InChI=1S/C28H33ClN6O3/c1-21-8-10-22(11-9-21)30-28(37)35(18-19-38-2)20-27(36)34-15-5-14-33(16-17-34)26-13-12-25(31-32-26)23-6-3-4-7-24(23)29/h3-4,6-13H,5,14-20H2,1-2H3,(H,30,37). The molecule has 1 aliphatic heterocycles. The molecule has 9 nitrogen and oxygen atoms in total. The van der Waals surface area contributed by atoms with Crippen molar-refractivity contribution in [1.82, 2.24) is 20.0 Å². The highest BCUT2D eigenvalue weighted by Gasteiger charge is 2.24. The highest BCUT2D eigenvalue weighted by atomic mass is 35.5. The van der Waals surface area contributed by atoms with E-state index in [1.165, 1.54) is 4.90 Å². The number of methoxy groups -OCH3 is 1. The molecule has 200 valence electrons. The van der Waals surface area contributed by atoms with E-state index in [0.717, 1.165) is 29.9 Å².